The average molecular weight is 621 g/mol. The van der Waals surface area contributed by atoms with Crippen LogP contribution in [-0.2, 0) is 21.9 Å². The van der Waals surface area contributed by atoms with Gasteiger partial charge in [-0.15, -0.1) is 10.2 Å². The molecule has 0 aliphatic rings. The molecule has 2 amide bonds. The highest BCUT2D eigenvalue weighted by Crippen LogP contribution is 2.35. The van der Waals surface area contributed by atoms with Gasteiger partial charge in [0.2, 0.25) is 11.8 Å². The summed E-state index contributed by atoms with van der Waals surface area (Å²) >= 11 is 14.7. The maximum atomic E-state index is 12.9. The molecule has 0 bridgehead atoms. The number of hydrogen-bond donors (Lipinski definition) is 2. The molecule has 1 aromatic heterocycles. The van der Waals surface area contributed by atoms with Crippen LogP contribution in [0.25, 0.3) is 0 Å². The van der Waals surface area contributed by atoms with E-state index in [1.807, 2.05) is 0 Å². The van der Waals surface area contributed by atoms with Crippen molar-refractivity contribution in [1.29, 1.82) is 0 Å². The van der Waals surface area contributed by atoms with Crippen LogP contribution in [-0.4, -0.2) is 33.5 Å². The maximum absolute atomic E-state index is 12.9. The van der Waals surface area contributed by atoms with E-state index < -0.39 is 35.3 Å². The van der Waals surface area contributed by atoms with E-state index in [1.54, 1.807) is 0 Å². The van der Waals surface area contributed by atoms with Crippen molar-refractivity contribution in [3.05, 3.63) is 57.6 Å². The van der Waals surface area contributed by atoms with Crippen molar-refractivity contribution >= 4 is 81.3 Å². The Bertz CT molecular complexity index is 1210. The summed E-state index contributed by atoms with van der Waals surface area (Å²) in [6, 6.07) is 5.09. The molecule has 1 heterocycles. The number of carbonyl (C=O) groups excluding carboxylic acids is 2. The minimum atomic E-state index is -4.60. The molecule has 0 aliphatic carbocycles. The van der Waals surface area contributed by atoms with Crippen LogP contribution in [0.1, 0.15) is 11.1 Å². The fourth-order valence-corrected chi connectivity index (χ4v) is 5.49. The van der Waals surface area contributed by atoms with Crippen LogP contribution in [0.5, 0.6) is 0 Å². The summed E-state index contributed by atoms with van der Waals surface area (Å²) < 4.78 is 77.8. The van der Waals surface area contributed by atoms with Crippen molar-refractivity contribution in [3.63, 3.8) is 0 Å². The van der Waals surface area contributed by atoms with Crippen LogP contribution >= 0.6 is 58.1 Å². The Kier molecular flexibility index (Phi) is 9.61. The number of amides is 2. The summed E-state index contributed by atoms with van der Waals surface area (Å²) in [6.45, 7) is 0. The van der Waals surface area contributed by atoms with Gasteiger partial charge in [-0.25, -0.2) is 0 Å². The first-order chi connectivity index (χ1) is 17.2. The van der Waals surface area contributed by atoms with Crippen molar-refractivity contribution in [3.8, 4) is 0 Å². The van der Waals surface area contributed by atoms with Gasteiger partial charge in [-0.05, 0) is 36.4 Å². The summed E-state index contributed by atoms with van der Waals surface area (Å²) in [6.07, 6.45) is -9.20. The second-order valence-electron chi connectivity index (χ2n) is 6.89. The molecule has 0 fully saturated rings. The molecule has 2 aromatic carbocycles. The Morgan fingerprint density at radius 1 is 0.757 bits per heavy atom. The number of anilines is 2. The van der Waals surface area contributed by atoms with E-state index in [2.05, 4.69) is 20.8 Å². The van der Waals surface area contributed by atoms with Gasteiger partial charge < -0.3 is 10.6 Å². The van der Waals surface area contributed by atoms with E-state index in [9.17, 15) is 35.9 Å². The van der Waals surface area contributed by atoms with E-state index in [-0.39, 0.29) is 32.9 Å². The van der Waals surface area contributed by atoms with Crippen molar-refractivity contribution in [2.75, 3.05) is 22.1 Å². The van der Waals surface area contributed by atoms with E-state index in [0.717, 1.165) is 71.3 Å². The highest BCUT2D eigenvalue weighted by Gasteiger charge is 2.32. The zero-order valence-corrected chi connectivity index (χ0v) is 21.8. The second-order valence-corrected chi connectivity index (χ2v) is 11.1. The first kappa shape index (κ1) is 29.4. The molecule has 198 valence electrons. The Labute approximate surface area is 227 Å². The number of nitrogens with one attached hydrogen (secondary N) is 2. The van der Waals surface area contributed by atoms with Crippen LogP contribution in [0.3, 0.4) is 0 Å². The van der Waals surface area contributed by atoms with Gasteiger partial charge in [-0.1, -0.05) is 58.1 Å². The number of halogens is 8. The maximum Gasteiger partial charge on any atom is 0.416 e. The number of rotatable bonds is 8. The first-order valence-electron chi connectivity index (χ1n) is 9.64. The van der Waals surface area contributed by atoms with Crippen LogP contribution in [0, 0.1) is 0 Å². The minimum absolute atomic E-state index is 0.0642. The highest BCUT2D eigenvalue weighted by molar-refractivity contribution is 8.03. The molecule has 0 unspecified atom stereocenters. The molecular formula is C20H12Cl2F6N4O2S3. The number of benzene rings is 2. The standard InChI is InChI=1S/C20H12Cl2F6N4O2S3/c21-11-3-1-9(19(23,24)25)5-13(11)29-15(33)7-35-17-31-32-18(37-17)36-8-16(34)30-14-6-10(20(26,27)28)2-4-12(14)22/h1-6H,7-8H2,(H,29,33)(H,30,34). The largest absolute Gasteiger partial charge is 0.416 e. The number of alkyl halides is 6. The SMILES string of the molecule is O=C(CSc1nnc(SCC(=O)Nc2cc(C(F)(F)F)ccc2Cl)s1)Nc1cc(C(F)(F)F)ccc1Cl. The van der Waals surface area contributed by atoms with E-state index in [0.29, 0.717) is 8.68 Å². The van der Waals surface area contributed by atoms with Crippen LogP contribution in [0.4, 0.5) is 37.7 Å². The van der Waals surface area contributed by atoms with Gasteiger partial charge in [-0.3, -0.25) is 9.59 Å². The van der Waals surface area contributed by atoms with Crippen LogP contribution in [0.2, 0.25) is 10.0 Å². The Morgan fingerprint density at radius 2 is 1.14 bits per heavy atom. The predicted molar refractivity (Wildman–Crippen MR) is 132 cm³/mol. The van der Waals surface area contributed by atoms with Gasteiger partial charge in [0.1, 0.15) is 0 Å². The molecule has 6 nitrogen and oxygen atoms in total. The van der Waals surface area contributed by atoms with Crippen LogP contribution in [0.15, 0.2) is 45.1 Å². The van der Waals surface area contributed by atoms with E-state index in [1.165, 1.54) is 0 Å². The number of thioether (sulfide) groups is 2. The molecule has 0 atom stereocenters. The quantitative estimate of drug-likeness (QED) is 0.202. The van der Waals surface area contributed by atoms with Crippen molar-refractivity contribution in [2.24, 2.45) is 0 Å². The van der Waals surface area contributed by atoms with Gasteiger partial charge in [0.05, 0.1) is 44.1 Å². The lowest BCUT2D eigenvalue weighted by Crippen LogP contribution is -2.15. The van der Waals surface area contributed by atoms with Crippen molar-refractivity contribution in [2.45, 2.75) is 21.0 Å². The molecule has 0 radical (unpaired) electrons. The van der Waals surface area contributed by atoms with Crippen molar-refractivity contribution in [1.82, 2.24) is 10.2 Å². The fraction of sp³-hybridized carbons (Fsp3) is 0.200. The fourth-order valence-electron chi connectivity index (χ4n) is 2.54. The second kappa shape index (κ2) is 12.1. The summed E-state index contributed by atoms with van der Waals surface area (Å²) in [5, 5.41) is 12.2. The van der Waals surface area contributed by atoms with Gasteiger partial charge >= 0.3 is 12.4 Å². The predicted octanol–water partition coefficient (Wildman–Crippen LogP) is 7.34. The third-order valence-electron chi connectivity index (χ3n) is 4.18. The van der Waals surface area contributed by atoms with Crippen LogP contribution < -0.4 is 10.6 Å². The summed E-state index contributed by atoms with van der Waals surface area (Å²) in [5.41, 5.74) is -2.32. The first-order valence-corrected chi connectivity index (χ1v) is 13.2. The lowest BCUT2D eigenvalue weighted by Gasteiger charge is -2.11. The molecule has 0 spiro atoms. The lowest BCUT2D eigenvalue weighted by atomic mass is 10.2. The molecular weight excluding hydrogens is 609 g/mol. The normalized spacial score (nSPS) is 11.9. The third-order valence-corrected chi connectivity index (χ3v) is 8.03. The smallest absolute Gasteiger partial charge is 0.324 e. The van der Waals surface area contributed by atoms with E-state index in [4.69, 9.17) is 23.2 Å². The number of nitrogens with zero attached hydrogens (tertiary/aromatic N) is 2. The minimum Gasteiger partial charge on any atom is -0.324 e. The number of carbonyl (C=O) groups is 2. The molecule has 17 heteroatoms. The summed E-state index contributed by atoms with van der Waals surface area (Å²) in [4.78, 5) is 24.3. The summed E-state index contributed by atoms with van der Waals surface area (Å²) in [7, 11) is 0. The zero-order chi connectivity index (χ0) is 27.4. The van der Waals surface area contributed by atoms with Gasteiger partial charge in [0.15, 0.2) is 8.68 Å². The number of hydrogen-bond acceptors (Lipinski definition) is 7. The monoisotopic (exact) mass is 620 g/mol. The van der Waals surface area contributed by atoms with E-state index >= 15 is 0 Å². The molecule has 3 aromatic rings. The lowest BCUT2D eigenvalue weighted by molar-refractivity contribution is -0.138. The highest BCUT2D eigenvalue weighted by atomic mass is 35.5. The van der Waals surface area contributed by atoms with Gasteiger partial charge in [-0.2, -0.15) is 26.3 Å². The Morgan fingerprint density at radius 3 is 1.49 bits per heavy atom. The third kappa shape index (κ3) is 8.67. The molecule has 0 aliphatic heterocycles. The Balaban J connectivity index is 1.50. The van der Waals surface area contributed by atoms with Gasteiger partial charge in [0, 0.05) is 0 Å². The zero-order valence-electron chi connectivity index (χ0n) is 17.8. The topological polar surface area (TPSA) is 84.0 Å². The van der Waals surface area contributed by atoms with Crippen molar-refractivity contribution < 1.29 is 35.9 Å². The molecule has 2 N–H and O–H groups in total. The number of aromatic nitrogens is 2. The Hall–Kier alpha value is -2.20. The molecule has 3 rings (SSSR count). The molecule has 0 saturated heterocycles. The summed E-state index contributed by atoms with van der Waals surface area (Å²) in [5.74, 6) is -1.68. The average Bonchev–Trinajstić information content (AvgIpc) is 3.26. The van der Waals surface area contributed by atoms with Gasteiger partial charge in [0.25, 0.3) is 0 Å². The molecule has 0 saturated carbocycles. The molecule has 37 heavy (non-hydrogen) atoms.